The first kappa shape index (κ1) is 20.8. The number of nitroso groups, excluding NO2 is 1. The summed E-state index contributed by atoms with van der Waals surface area (Å²) in [7, 11) is 1.83. The van der Waals surface area contributed by atoms with Crippen molar-refractivity contribution < 1.29 is 9.53 Å². The molecule has 164 valence electrons. The van der Waals surface area contributed by atoms with Gasteiger partial charge in [-0.05, 0) is 90.0 Å². The number of hydrogen-bond donors (Lipinski definition) is 0. The van der Waals surface area contributed by atoms with Crippen molar-refractivity contribution in [2.24, 2.45) is 28.3 Å². The van der Waals surface area contributed by atoms with E-state index >= 15 is 0 Å². The number of fused-ring (bicyclic) bond motifs is 4. The molecule has 0 aliphatic heterocycles. The molecule has 0 amide bonds. The van der Waals surface area contributed by atoms with E-state index in [1.807, 2.05) is 13.2 Å². The Kier molecular flexibility index (Phi) is 5.45. The van der Waals surface area contributed by atoms with Crippen molar-refractivity contribution in [3.63, 3.8) is 0 Å². The van der Waals surface area contributed by atoms with Gasteiger partial charge in [-0.3, -0.25) is 4.79 Å². The third-order valence-corrected chi connectivity index (χ3v) is 8.92. The Balaban J connectivity index is 1.61. The average molecular weight is 420 g/mol. The summed E-state index contributed by atoms with van der Waals surface area (Å²) in [6, 6.07) is 8.56. The van der Waals surface area contributed by atoms with Gasteiger partial charge in [0.2, 0.25) is 0 Å². The van der Waals surface area contributed by atoms with Crippen LogP contribution in [0.25, 0.3) is 0 Å². The Hall–Kier alpha value is -2.07. The summed E-state index contributed by atoms with van der Waals surface area (Å²) >= 11 is 0. The lowest BCUT2D eigenvalue weighted by Crippen LogP contribution is -2.44. The fourth-order valence-electron chi connectivity index (χ4n) is 7.47. The van der Waals surface area contributed by atoms with Gasteiger partial charge in [0.15, 0.2) is 5.78 Å². The highest BCUT2D eigenvalue weighted by Gasteiger charge is 2.56. The molecule has 0 saturated heterocycles. The number of ketones is 1. The zero-order valence-corrected chi connectivity index (χ0v) is 18.7. The molecule has 5 rings (SSSR count). The summed E-state index contributed by atoms with van der Waals surface area (Å²) in [6.07, 6.45) is 9.41. The monoisotopic (exact) mass is 419 g/mol. The molecular formula is C27H33NO3. The molecule has 4 aliphatic rings. The van der Waals surface area contributed by atoms with Crippen LogP contribution in [-0.2, 0) is 16.1 Å². The maximum Gasteiger partial charge on any atom is 0.156 e. The van der Waals surface area contributed by atoms with Crippen molar-refractivity contribution in [3.8, 4) is 0 Å². The highest BCUT2D eigenvalue weighted by atomic mass is 16.5. The molecule has 1 aromatic rings. The Labute approximate surface area is 185 Å². The lowest BCUT2D eigenvalue weighted by molar-refractivity contribution is -0.114. The first-order valence-electron chi connectivity index (χ1n) is 11.9. The van der Waals surface area contributed by atoms with Crippen molar-refractivity contribution in [2.75, 3.05) is 13.7 Å². The predicted octanol–water partition coefficient (Wildman–Crippen LogP) is 6.12. The fourth-order valence-corrected chi connectivity index (χ4v) is 7.47. The van der Waals surface area contributed by atoms with Crippen molar-refractivity contribution in [3.05, 3.63) is 63.1 Å². The van der Waals surface area contributed by atoms with Crippen LogP contribution in [0.2, 0.25) is 0 Å². The largest absolute Gasteiger partial charge is 0.384 e. The predicted molar refractivity (Wildman–Crippen MR) is 122 cm³/mol. The number of hydrogen-bond acceptors (Lipinski definition) is 4. The Morgan fingerprint density at radius 2 is 1.90 bits per heavy atom. The van der Waals surface area contributed by atoms with E-state index < -0.39 is 0 Å². The van der Waals surface area contributed by atoms with Crippen LogP contribution >= 0.6 is 0 Å². The minimum Gasteiger partial charge on any atom is -0.384 e. The van der Waals surface area contributed by atoms with Crippen LogP contribution in [0.5, 0.6) is 0 Å². The van der Waals surface area contributed by atoms with Gasteiger partial charge in [-0.15, -0.1) is 0 Å². The molecule has 2 fully saturated rings. The molecule has 0 aromatic heterocycles. The Bertz CT molecular complexity index is 944. The second-order valence-electron chi connectivity index (χ2n) is 10.3. The maximum atomic E-state index is 12.1. The summed E-state index contributed by atoms with van der Waals surface area (Å²) < 4.78 is 5.66. The van der Waals surface area contributed by atoms with Gasteiger partial charge in [-0.1, -0.05) is 41.9 Å². The standard InChI is InChI=1S/C27H33NO3/c1-27-14-24(18-5-3-17(4-6-18)15-28-30)26-22-11-9-21(29)13-19(22)7-10-23(26)25(27)12-8-20(27)16-31-2/h3-6,13,20,23-25H,7-12,14-16H2,1-2H3/t20?,23-,24?,25-,27+/m0/s1. The van der Waals surface area contributed by atoms with E-state index in [2.05, 4.69) is 36.4 Å². The van der Waals surface area contributed by atoms with Crippen molar-refractivity contribution in [1.82, 2.24) is 0 Å². The molecule has 31 heavy (non-hydrogen) atoms. The van der Waals surface area contributed by atoms with Crippen molar-refractivity contribution in [2.45, 2.75) is 64.3 Å². The molecule has 0 heterocycles. The van der Waals surface area contributed by atoms with E-state index in [0.29, 0.717) is 35.9 Å². The zero-order chi connectivity index (χ0) is 21.6. The summed E-state index contributed by atoms with van der Waals surface area (Å²) in [6.45, 7) is 3.59. The lowest BCUT2D eigenvalue weighted by Gasteiger charge is -2.52. The highest BCUT2D eigenvalue weighted by Crippen LogP contribution is 2.65. The number of carbonyl (C=O) groups excluding carboxylic acids is 1. The molecule has 0 radical (unpaired) electrons. The van der Waals surface area contributed by atoms with E-state index in [-0.39, 0.29) is 12.0 Å². The third-order valence-electron chi connectivity index (χ3n) is 8.92. The van der Waals surface area contributed by atoms with Gasteiger partial charge in [0.25, 0.3) is 0 Å². The Morgan fingerprint density at radius 1 is 1.10 bits per heavy atom. The smallest absolute Gasteiger partial charge is 0.156 e. The minimum atomic E-state index is 0.228. The van der Waals surface area contributed by atoms with Gasteiger partial charge in [-0.2, -0.15) is 4.91 Å². The van der Waals surface area contributed by atoms with E-state index in [9.17, 15) is 9.70 Å². The van der Waals surface area contributed by atoms with E-state index in [4.69, 9.17) is 4.74 Å². The van der Waals surface area contributed by atoms with E-state index in [1.165, 1.54) is 36.0 Å². The summed E-state index contributed by atoms with van der Waals surface area (Å²) in [4.78, 5) is 22.8. The normalized spacial score (nSPS) is 34.6. The lowest BCUT2D eigenvalue weighted by atomic mass is 9.52. The van der Waals surface area contributed by atoms with Gasteiger partial charge < -0.3 is 4.74 Å². The molecule has 2 unspecified atom stereocenters. The first-order chi connectivity index (χ1) is 15.0. The van der Waals surface area contributed by atoms with E-state index in [1.54, 1.807) is 5.57 Å². The van der Waals surface area contributed by atoms with Crippen LogP contribution in [0.3, 0.4) is 0 Å². The van der Waals surface area contributed by atoms with Crippen LogP contribution in [0.15, 0.2) is 52.2 Å². The van der Waals surface area contributed by atoms with Crippen LogP contribution in [0, 0.1) is 28.1 Å². The SMILES string of the molecule is COCC1CC[C@H]2[C@@H]3CCC4=CC(=O)CCC4=C3C(c3ccc(CN=O)cc3)C[C@]12C. The number of benzene rings is 1. The number of allylic oxidation sites excluding steroid dienone is 4. The summed E-state index contributed by atoms with van der Waals surface area (Å²) in [5.41, 5.74) is 7.04. The minimum absolute atomic E-state index is 0.228. The van der Waals surface area contributed by atoms with Gasteiger partial charge >= 0.3 is 0 Å². The summed E-state index contributed by atoms with van der Waals surface area (Å²) in [5.74, 6) is 2.61. The molecule has 0 spiro atoms. The highest BCUT2D eigenvalue weighted by molar-refractivity contribution is 5.93. The number of methoxy groups -OCH3 is 1. The van der Waals surface area contributed by atoms with E-state index in [0.717, 1.165) is 31.4 Å². The molecule has 5 atom stereocenters. The zero-order valence-electron chi connectivity index (χ0n) is 18.7. The number of rotatable bonds is 5. The van der Waals surface area contributed by atoms with Crippen LogP contribution < -0.4 is 0 Å². The molecule has 0 bridgehead atoms. The maximum absolute atomic E-state index is 12.1. The molecule has 2 saturated carbocycles. The molecular weight excluding hydrogens is 386 g/mol. The quantitative estimate of drug-likeness (QED) is 0.541. The number of nitrogens with zero attached hydrogens (tertiary/aromatic N) is 1. The van der Waals surface area contributed by atoms with Crippen molar-refractivity contribution in [1.29, 1.82) is 0 Å². The van der Waals surface area contributed by atoms with Crippen LogP contribution in [-0.4, -0.2) is 19.5 Å². The molecule has 4 heteroatoms. The first-order valence-corrected chi connectivity index (χ1v) is 11.9. The summed E-state index contributed by atoms with van der Waals surface area (Å²) in [5, 5.41) is 3.05. The van der Waals surface area contributed by atoms with Crippen LogP contribution in [0.4, 0.5) is 0 Å². The average Bonchev–Trinajstić information content (AvgIpc) is 3.10. The Morgan fingerprint density at radius 3 is 2.65 bits per heavy atom. The van der Waals surface area contributed by atoms with Crippen LogP contribution in [0.1, 0.15) is 68.9 Å². The van der Waals surface area contributed by atoms with Gasteiger partial charge in [0, 0.05) is 26.1 Å². The molecule has 4 aliphatic carbocycles. The number of carbonyl (C=O) groups is 1. The molecule has 1 aromatic carbocycles. The third kappa shape index (κ3) is 3.44. The second kappa shape index (κ2) is 8.12. The molecule has 0 N–H and O–H groups in total. The topological polar surface area (TPSA) is 55.7 Å². The number of ether oxygens (including phenoxy) is 1. The fraction of sp³-hybridized carbons (Fsp3) is 0.593. The van der Waals surface area contributed by atoms with Gasteiger partial charge in [0.05, 0.1) is 0 Å². The van der Waals surface area contributed by atoms with Gasteiger partial charge in [-0.25, -0.2) is 0 Å². The molecule has 4 nitrogen and oxygen atoms in total. The van der Waals surface area contributed by atoms with Crippen molar-refractivity contribution >= 4 is 5.78 Å². The second-order valence-corrected chi connectivity index (χ2v) is 10.3. The van der Waals surface area contributed by atoms with Gasteiger partial charge in [0.1, 0.15) is 6.54 Å².